The van der Waals surface area contributed by atoms with E-state index in [9.17, 15) is 4.79 Å². The Kier molecular flexibility index (Phi) is 6.47. The first-order valence-corrected chi connectivity index (χ1v) is 12.4. The number of nitrogens with zero attached hydrogens (tertiary/aromatic N) is 4. The Balaban J connectivity index is 1.52. The van der Waals surface area contributed by atoms with E-state index < -0.39 is 0 Å². The number of amides is 1. The molecule has 0 spiro atoms. The summed E-state index contributed by atoms with van der Waals surface area (Å²) in [5.41, 5.74) is 4.02. The van der Waals surface area contributed by atoms with Gasteiger partial charge in [-0.15, -0.1) is 0 Å². The SMILES string of the molecule is Cc1nc(SCC(=O)Nc2cc(C(C)(C)C)nn2-c2ccccc2)n(C2CCCC2)c1C. The van der Waals surface area contributed by atoms with Crippen molar-refractivity contribution in [3.8, 4) is 5.69 Å². The molecule has 170 valence electrons. The maximum absolute atomic E-state index is 12.9. The number of hydrogen-bond acceptors (Lipinski definition) is 4. The Morgan fingerprint density at radius 2 is 1.84 bits per heavy atom. The average Bonchev–Trinajstić information content (AvgIpc) is 3.47. The third-order valence-electron chi connectivity index (χ3n) is 6.12. The number of rotatable bonds is 6. The molecule has 1 amide bonds. The number of aryl methyl sites for hydroxylation is 1. The van der Waals surface area contributed by atoms with Crippen LogP contribution in [0.3, 0.4) is 0 Å². The predicted octanol–water partition coefficient (Wildman–Crippen LogP) is 5.83. The average molecular weight is 452 g/mol. The van der Waals surface area contributed by atoms with Crippen molar-refractivity contribution in [2.75, 3.05) is 11.1 Å². The number of imidazole rings is 1. The fourth-order valence-electron chi connectivity index (χ4n) is 4.20. The van der Waals surface area contributed by atoms with Crippen molar-refractivity contribution < 1.29 is 4.79 Å². The van der Waals surface area contributed by atoms with E-state index in [1.807, 2.05) is 41.1 Å². The first kappa shape index (κ1) is 22.6. The Morgan fingerprint density at radius 1 is 1.16 bits per heavy atom. The van der Waals surface area contributed by atoms with Crippen LogP contribution in [0.5, 0.6) is 0 Å². The maximum Gasteiger partial charge on any atom is 0.236 e. The molecule has 3 aromatic rings. The molecule has 1 aromatic carbocycles. The first-order chi connectivity index (χ1) is 15.2. The molecule has 2 heterocycles. The first-order valence-electron chi connectivity index (χ1n) is 11.4. The molecule has 7 heteroatoms. The second-order valence-electron chi connectivity index (χ2n) is 9.62. The number of nitrogens with one attached hydrogen (secondary N) is 1. The van der Waals surface area contributed by atoms with Crippen LogP contribution in [0.25, 0.3) is 5.69 Å². The van der Waals surface area contributed by atoms with Crippen molar-refractivity contribution in [3.05, 3.63) is 53.5 Å². The van der Waals surface area contributed by atoms with E-state index in [4.69, 9.17) is 10.1 Å². The Hall–Kier alpha value is -2.54. The Morgan fingerprint density at radius 3 is 2.50 bits per heavy atom. The van der Waals surface area contributed by atoms with Crippen LogP contribution in [-0.2, 0) is 10.2 Å². The summed E-state index contributed by atoms with van der Waals surface area (Å²) in [4.78, 5) is 17.7. The van der Waals surface area contributed by atoms with Gasteiger partial charge in [-0.3, -0.25) is 4.79 Å². The number of carbonyl (C=O) groups excluding carboxylic acids is 1. The molecular weight excluding hydrogens is 418 g/mol. The summed E-state index contributed by atoms with van der Waals surface area (Å²) in [6.07, 6.45) is 4.93. The minimum Gasteiger partial charge on any atom is -0.320 e. The number of anilines is 1. The largest absolute Gasteiger partial charge is 0.320 e. The van der Waals surface area contributed by atoms with Gasteiger partial charge in [0, 0.05) is 23.2 Å². The zero-order chi connectivity index (χ0) is 22.9. The van der Waals surface area contributed by atoms with Gasteiger partial charge in [-0.1, -0.05) is 63.6 Å². The third kappa shape index (κ3) is 4.77. The summed E-state index contributed by atoms with van der Waals surface area (Å²) < 4.78 is 4.17. The van der Waals surface area contributed by atoms with Gasteiger partial charge in [0.15, 0.2) is 5.16 Å². The topological polar surface area (TPSA) is 64.7 Å². The van der Waals surface area contributed by atoms with Crippen LogP contribution >= 0.6 is 11.8 Å². The molecule has 32 heavy (non-hydrogen) atoms. The van der Waals surface area contributed by atoms with Crippen LogP contribution in [0.4, 0.5) is 5.82 Å². The third-order valence-corrected chi connectivity index (χ3v) is 7.08. The molecule has 0 saturated heterocycles. The van der Waals surface area contributed by atoms with Crippen LogP contribution in [0, 0.1) is 13.8 Å². The molecule has 0 atom stereocenters. The highest BCUT2D eigenvalue weighted by Gasteiger charge is 2.24. The zero-order valence-electron chi connectivity index (χ0n) is 19.7. The van der Waals surface area contributed by atoms with E-state index in [0.29, 0.717) is 17.6 Å². The van der Waals surface area contributed by atoms with Crippen molar-refractivity contribution in [2.45, 2.75) is 76.9 Å². The number of aromatic nitrogens is 4. The summed E-state index contributed by atoms with van der Waals surface area (Å²) in [6, 6.07) is 12.4. The van der Waals surface area contributed by atoms with Crippen molar-refractivity contribution in [2.24, 2.45) is 0 Å². The lowest BCUT2D eigenvalue weighted by atomic mass is 9.92. The normalized spacial score (nSPS) is 14.8. The van der Waals surface area contributed by atoms with E-state index in [2.05, 4.69) is 44.5 Å². The number of carbonyl (C=O) groups is 1. The summed E-state index contributed by atoms with van der Waals surface area (Å²) in [5, 5.41) is 8.82. The predicted molar refractivity (Wildman–Crippen MR) is 131 cm³/mol. The molecule has 1 saturated carbocycles. The molecule has 6 nitrogen and oxygen atoms in total. The quantitative estimate of drug-likeness (QED) is 0.479. The summed E-state index contributed by atoms with van der Waals surface area (Å²) in [5.74, 6) is 0.954. The van der Waals surface area contributed by atoms with Crippen LogP contribution in [0.15, 0.2) is 41.6 Å². The van der Waals surface area contributed by atoms with E-state index in [0.717, 1.165) is 22.2 Å². The molecule has 1 aliphatic carbocycles. The highest BCUT2D eigenvalue weighted by atomic mass is 32.2. The van der Waals surface area contributed by atoms with Crippen molar-refractivity contribution in [1.29, 1.82) is 0 Å². The van der Waals surface area contributed by atoms with Crippen LogP contribution in [0.2, 0.25) is 0 Å². The smallest absolute Gasteiger partial charge is 0.236 e. The summed E-state index contributed by atoms with van der Waals surface area (Å²) >= 11 is 1.52. The number of thioether (sulfide) groups is 1. The van der Waals surface area contributed by atoms with Gasteiger partial charge in [0.2, 0.25) is 5.91 Å². The molecule has 0 aliphatic heterocycles. The fourth-order valence-corrected chi connectivity index (χ4v) is 5.16. The van der Waals surface area contributed by atoms with E-state index in [1.165, 1.54) is 43.1 Å². The fraction of sp³-hybridized carbons (Fsp3) is 0.480. The van der Waals surface area contributed by atoms with Gasteiger partial charge >= 0.3 is 0 Å². The standard InChI is InChI=1S/C25H33N5OS/c1-17-18(2)29(19-11-9-10-12-19)24(26-17)32-16-23(31)27-22-15-21(25(3,4)5)28-30(22)20-13-7-6-8-14-20/h6-8,13-15,19H,9-12,16H2,1-5H3,(H,27,31). The monoisotopic (exact) mass is 451 g/mol. The van der Waals surface area contributed by atoms with Crippen LogP contribution in [-0.4, -0.2) is 31.0 Å². The van der Waals surface area contributed by atoms with Gasteiger partial charge in [-0.25, -0.2) is 9.67 Å². The zero-order valence-corrected chi connectivity index (χ0v) is 20.5. The van der Waals surface area contributed by atoms with Gasteiger partial charge < -0.3 is 9.88 Å². The van der Waals surface area contributed by atoms with E-state index in [-0.39, 0.29) is 11.3 Å². The van der Waals surface area contributed by atoms with Crippen molar-refractivity contribution in [3.63, 3.8) is 0 Å². The Labute approximate surface area is 194 Å². The lowest BCUT2D eigenvalue weighted by Gasteiger charge is -2.17. The minimum absolute atomic E-state index is 0.0520. The number of hydrogen-bond donors (Lipinski definition) is 1. The Bertz CT molecular complexity index is 1090. The molecular formula is C25H33N5OS. The van der Waals surface area contributed by atoms with Crippen LogP contribution < -0.4 is 5.32 Å². The highest BCUT2D eigenvalue weighted by molar-refractivity contribution is 7.99. The molecule has 0 radical (unpaired) electrons. The highest BCUT2D eigenvalue weighted by Crippen LogP contribution is 2.35. The maximum atomic E-state index is 12.9. The van der Waals surface area contributed by atoms with Gasteiger partial charge in [0.25, 0.3) is 0 Å². The lowest BCUT2D eigenvalue weighted by molar-refractivity contribution is -0.113. The summed E-state index contributed by atoms with van der Waals surface area (Å²) in [6.45, 7) is 10.6. The van der Waals surface area contributed by atoms with Gasteiger partial charge in [-0.2, -0.15) is 5.10 Å². The molecule has 4 rings (SSSR count). The molecule has 1 aliphatic rings. The lowest BCUT2D eigenvalue weighted by Crippen LogP contribution is -2.17. The van der Waals surface area contributed by atoms with Gasteiger partial charge in [0.1, 0.15) is 5.82 Å². The van der Waals surface area contributed by atoms with E-state index in [1.54, 1.807) is 0 Å². The molecule has 1 N–H and O–H groups in total. The molecule has 0 bridgehead atoms. The number of benzene rings is 1. The number of para-hydroxylation sites is 1. The van der Waals surface area contributed by atoms with E-state index >= 15 is 0 Å². The summed E-state index contributed by atoms with van der Waals surface area (Å²) in [7, 11) is 0. The minimum atomic E-state index is -0.116. The van der Waals surface area contributed by atoms with Gasteiger partial charge in [-0.05, 0) is 38.8 Å². The molecule has 1 fully saturated rings. The van der Waals surface area contributed by atoms with Gasteiger partial charge in [0.05, 0.1) is 22.8 Å². The van der Waals surface area contributed by atoms with Crippen molar-refractivity contribution >= 4 is 23.5 Å². The second kappa shape index (κ2) is 9.14. The molecule has 0 unspecified atom stereocenters. The van der Waals surface area contributed by atoms with Crippen LogP contribution in [0.1, 0.15) is 69.6 Å². The van der Waals surface area contributed by atoms with Crippen molar-refractivity contribution in [1.82, 2.24) is 19.3 Å². The second-order valence-corrected chi connectivity index (χ2v) is 10.6. The molecule has 2 aromatic heterocycles.